The molecular formula is C18H29NO. The Morgan fingerprint density at radius 3 is 2.00 bits per heavy atom. The number of nitrogens with one attached hydrogen (secondary N) is 1. The van der Waals surface area contributed by atoms with Crippen molar-refractivity contribution in [1.82, 2.24) is 5.32 Å². The van der Waals surface area contributed by atoms with Gasteiger partial charge < -0.3 is 5.32 Å². The molecule has 1 N–H and O–H groups in total. The van der Waals surface area contributed by atoms with E-state index < -0.39 is 0 Å². The van der Waals surface area contributed by atoms with Crippen LogP contribution < -0.4 is 5.32 Å². The SMILES string of the molecule is O=C(CC1CCCCC1)NC12CC3CC(CC(C3)C1)C2. The molecular weight excluding hydrogens is 246 g/mol. The number of hydrogen-bond acceptors (Lipinski definition) is 1. The molecule has 2 nitrogen and oxygen atoms in total. The summed E-state index contributed by atoms with van der Waals surface area (Å²) in [6.07, 6.45) is 15.7. The molecule has 5 saturated carbocycles. The molecule has 2 heteroatoms. The fourth-order valence-electron chi connectivity index (χ4n) is 6.26. The van der Waals surface area contributed by atoms with Crippen LogP contribution in [0.25, 0.3) is 0 Å². The first-order valence-corrected chi connectivity index (χ1v) is 9.02. The van der Waals surface area contributed by atoms with Crippen LogP contribution >= 0.6 is 0 Å². The number of hydrogen-bond donors (Lipinski definition) is 1. The molecule has 0 spiro atoms. The van der Waals surface area contributed by atoms with E-state index in [2.05, 4.69) is 5.32 Å². The third-order valence-electron chi connectivity index (χ3n) is 6.64. The molecule has 5 aliphatic carbocycles. The summed E-state index contributed by atoms with van der Waals surface area (Å²) in [5.41, 5.74) is 0.223. The Balaban J connectivity index is 1.37. The quantitative estimate of drug-likeness (QED) is 0.827. The summed E-state index contributed by atoms with van der Waals surface area (Å²) >= 11 is 0. The molecule has 4 bridgehead atoms. The van der Waals surface area contributed by atoms with Crippen molar-refractivity contribution in [3.8, 4) is 0 Å². The van der Waals surface area contributed by atoms with Gasteiger partial charge >= 0.3 is 0 Å². The molecule has 0 aromatic rings. The van der Waals surface area contributed by atoms with Gasteiger partial charge in [-0.05, 0) is 75.0 Å². The summed E-state index contributed by atoms with van der Waals surface area (Å²) in [4.78, 5) is 12.5. The number of rotatable bonds is 3. The molecule has 5 aliphatic rings. The Kier molecular flexibility index (Phi) is 3.31. The lowest BCUT2D eigenvalue weighted by atomic mass is 9.53. The van der Waals surface area contributed by atoms with Gasteiger partial charge in [-0.25, -0.2) is 0 Å². The number of carbonyl (C=O) groups is 1. The first-order valence-electron chi connectivity index (χ1n) is 9.02. The lowest BCUT2D eigenvalue weighted by Crippen LogP contribution is -2.60. The molecule has 5 fully saturated rings. The Morgan fingerprint density at radius 2 is 1.45 bits per heavy atom. The molecule has 5 rings (SSSR count). The smallest absolute Gasteiger partial charge is 0.220 e. The summed E-state index contributed by atoms with van der Waals surface area (Å²) in [6, 6.07) is 0. The van der Waals surface area contributed by atoms with Crippen molar-refractivity contribution >= 4 is 5.91 Å². The summed E-state index contributed by atoms with van der Waals surface area (Å²) in [5, 5.41) is 3.53. The summed E-state index contributed by atoms with van der Waals surface area (Å²) in [7, 11) is 0. The van der Waals surface area contributed by atoms with Crippen molar-refractivity contribution in [3.63, 3.8) is 0 Å². The van der Waals surface area contributed by atoms with E-state index in [1.807, 2.05) is 0 Å². The Hall–Kier alpha value is -0.530. The largest absolute Gasteiger partial charge is 0.351 e. The zero-order valence-electron chi connectivity index (χ0n) is 12.7. The summed E-state index contributed by atoms with van der Waals surface area (Å²) in [6.45, 7) is 0. The van der Waals surface area contributed by atoms with Crippen molar-refractivity contribution in [2.75, 3.05) is 0 Å². The molecule has 1 amide bonds. The van der Waals surface area contributed by atoms with Gasteiger partial charge in [0, 0.05) is 12.0 Å². The van der Waals surface area contributed by atoms with Crippen LogP contribution in [-0.2, 0) is 4.79 Å². The van der Waals surface area contributed by atoms with Crippen LogP contribution in [0, 0.1) is 23.7 Å². The van der Waals surface area contributed by atoms with E-state index in [1.165, 1.54) is 70.6 Å². The third kappa shape index (κ3) is 2.51. The molecule has 0 saturated heterocycles. The molecule has 20 heavy (non-hydrogen) atoms. The van der Waals surface area contributed by atoms with Gasteiger partial charge in [-0.2, -0.15) is 0 Å². The van der Waals surface area contributed by atoms with Crippen molar-refractivity contribution in [2.45, 2.75) is 82.6 Å². The Morgan fingerprint density at radius 1 is 0.900 bits per heavy atom. The van der Waals surface area contributed by atoms with Crippen LogP contribution in [0.4, 0.5) is 0 Å². The lowest BCUT2D eigenvalue weighted by molar-refractivity contribution is -0.128. The van der Waals surface area contributed by atoms with E-state index >= 15 is 0 Å². The molecule has 112 valence electrons. The highest BCUT2D eigenvalue weighted by Gasteiger charge is 2.51. The molecule has 0 radical (unpaired) electrons. The zero-order chi connectivity index (χ0) is 13.6. The van der Waals surface area contributed by atoms with Gasteiger partial charge in [0.15, 0.2) is 0 Å². The zero-order valence-corrected chi connectivity index (χ0v) is 12.7. The van der Waals surface area contributed by atoms with E-state index in [0.717, 1.165) is 24.2 Å². The van der Waals surface area contributed by atoms with Crippen molar-refractivity contribution < 1.29 is 4.79 Å². The molecule has 0 atom stereocenters. The minimum absolute atomic E-state index is 0.223. The Bertz CT molecular complexity index is 348. The van der Waals surface area contributed by atoms with Crippen molar-refractivity contribution in [2.24, 2.45) is 23.7 Å². The molecule has 0 aromatic carbocycles. The van der Waals surface area contributed by atoms with Gasteiger partial charge in [0.1, 0.15) is 0 Å². The average molecular weight is 275 g/mol. The molecule has 0 aliphatic heterocycles. The van der Waals surface area contributed by atoms with Crippen LogP contribution in [0.15, 0.2) is 0 Å². The standard InChI is InChI=1S/C18H29NO/c20-17(9-13-4-2-1-3-5-13)19-18-10-14-6-15(11-18)8-16(7-14)12-18/h13-16H,1-12H2,(H,19,20). The van der Waals surface area contributed by atoms with Crippen LogP contribution in [0.3, 0.4) is 0 Å². The first kappa shape index (κ1) is 13.2. The van der Waals surface area contributed by atoms with E-state index in [1.54, 1.807) is 0 Å². The van der Waals surface area contributed by atoms with Crippen molar-refractivity contribution in [3.05, 3.63) is 0 Å². The second-order valence-corrected chi connectivity index (χ2v) is 8.45. The lowest BCUT2D eigenvalue weighted by Gasteiger charge is -2.57. The minimum atomic E-state index is 0.223. The first-order chi connectivity index (χ1) is 9.71. The maximum atomic E-state index is 12.5. The molecule has 0 aromatic heterocycles. The van der Waals surface area contributed by atoms with Gasteiger partial charge in [0.2, 0.25) is 5.91 Å². The average Bonchev–Trinajstić information content (AvgIpc) is 2.37. The van der Waals surface area contributed by atoms with Gasteiger partial charge in [0.05, 0.1) is 0 Å². The molecule has 0 unspecified atom stereocenters. The highest BCUT2D eigenvalue weighted by Crippen LogP contribution is 2.55. The van der Waals surface area contributed by atoms with Crippen molar-refractivity contribution in [1.29, 1.82) is 0 Å². The predicted molar refractivity (Wildman–Crippen MR) is 80.2 cm³/mol. The van der Waals surface area contributed by atoms with Gasteiger partial charge in [-0.15, -0.1) is 0 Å². The summed E-state index contributed by atoms with van der Waals surface area (Å²) in [5.74, 6) is 3.83. The van der Waals surface area contributed by atoms with Crippen LogP contribution in [-0.4, -0.2) is 11.4 Å². The van der Waals surface area contributed by atoms with Gasteiger partial charge in [0.25, 0.3) is 0 Å². The minimum Gasteiger partial charge on any atom is -0.351 e. The Labute approximate surface area is 123 Å². The van der Waals surface area contributed by atoms with Gasteiger partial charge in [-0.3, -0.25) is 4.79 Å². The topological polar surface area (TPSA) is 29.1 Å². The number of carbonyl (C=O) groups excluding carboxylic acids is 1. The normalized spacial score (nSPS) is 43.7. The van der Waals surface area contributed by atoms with E-state index in [9.17, 15) is 4.79 Å². The monoisotopic (exact) mass is 275 g/mol. The van der Waals surface area contributed by atoms with E-state index in [4.69, 9.17) is 0 Å². The fourth-order valence-corrected chi connectivity index (χ4v) is 6.26. The van der Waals surface area contributed by atoms with Crippen LogP contribution in [0.5, 0.6) is 0 Å². The van der Waals surface area contributed by atoms with Crippen LogP contribution in [0.2, 0.25) is 0 Å². The van der Waals surface area contributed by atoms with Gasteiger partial charge in [-0.1, -0.05) is 19.3 Å². The maximum Gasteiger partial charge on any atom is 0.220 e. The van der Waals surface area contributed by atoms with Crippen LogP contribution in [0.1, 0.15) is 77.0 Å². The maximum absolute atomic E-state index is 12.5. The second kappa shape index (κ2) is 5.03. The highest BCUT2D eigenvalue weighted by molar-refractivity contribution is 5.77. The van der Waals surface area contributed by atoms with E-state index in [0.29, 0.717) is 11.8 Å². The number of amides is 1. The molecule has 0 heterocycles. The third-order valence-corrected chi connectivity index (χ3v) is 6.64. The highest BCUT2D eigenvalue weighted by atomic mass is 16.1. The summed E-state index contributed by atoms with van der Waals surface area (Å²) < 4.78 is 0. The van der Waals surface area contributed by atoms with E-state index in [-0.39, 0.29) is 5.54 Å². The second-order valence-electron chi connectivity index (χ2n) is 8.45. The fraction of sp³-hybridized carbons (Fsp3) is 0.944. The predicted octanol–water partition coefficient (Wildman–Crippen LogP) is 4.04.